The van der Waals surface area contributed by atoms with Crippen molar-refractivity contribution in [1.82, 2.24) is 31.2 Å². The van der Waals surface area contributed by atoms with Gasteiger partial charge in [-0.3, -0.25) is 29.1 Å². The van der Waals surface area contributed by atoms with Crippen LogP contribution in [-0.4, -0.2) is 58.8 Å². The van der Waals surface area contributed by atoms with Gasteiger partial charge in [-0.25, -0.2) is 0 Å². The minimum absolute atomic E-state index is 0.144. The summed E-state index contributed by atoms with van der Waals surface area (Å²) in [4.78, 5) is 57.8. The van der Waals surface area contributed by atoms with E-state index in [1.165, 1.54) is 24.8 Å². The molecule has 0 fully saturated rings. The smallest absolute Gasteiger partial charge is 0.252 e. The zero-order valence-corrected chi connectivity index (χ0v) is 19.9. The number of hydrogen-bond donors (Lipinski definition) is 4. The number of rotatable bonds is 11. The summed E-state index contributed by atoms with van der Waals surface area (Å²) in [5.41, 5.74) is 0.823. The highest BCUT2D eigenvalue weighted by molar-refractivity contribution is 5.98. The van der Waals surface area contributed by atoms with E-state index >= 15 is 0 Å². The molecule has 0 unspecified atom stereocenters. The Morgan fingerprint density at radius 3 is 1.26 bits per heavy atom. The van der Waals surface area contributed by atoms with Gasteiger partial charge in [-0.15, -0.1) is 0 Å². The minimum atomic E-state index is -0.737. The second-order valence-corrected chi connectivity index (χ2v) is 8.44. The van der Waals surface area contributed by atoms with E-state index in [1.807, 2.05) is 27.7 Å². The van der Waals surface area contributed by atoms with E-state index < -0.39 is 12.1 Å². The molecule has 34 heavy (non-hydrogen) atoms. The number of nitrogens with one attached hydrogen (secondary N) is 4. The molecule has 182 valence electrons. The van der Waals surface area contributed by atoms with Gasteiger partial charge in [0.1, 0.15) is 12.1 Å². The molecular weight excluding hydrogens is 436 g/mol. The Labute approximate surface area is 199 Å². The minimum Gasteiger partial charge on any atom is -0.353 e. The largest absolute Gasteiger partial charge is 0.353 e. The Morgan fingerprint density at radius 1 is 0.647 bits per heavy atom. The average molecular weight is 469 g/mol. The van der Waals surface area contributed by atoms with E-state index in [0.29, 0.717) is 11.1 Å². The molecule has 0 aliphatic heterocycles. The van der Waals surface area contributed by atoms with E-state index in [9.17, 15) is 19.2 Å². The van der Waals surface area contributed by atoms with Gasteiger partial charge in [0.15, 0.2) is 0 Å². The Hall–Kier alpha value is -3.82. The van der Waals surface area contributed by atoms with Crippen LogP contribution < -0.4 is 21.3 Å². The number of carbonyl (C=O) groups excluding carboxylic acids is 4. The summed E-state index contributed by atoms with van der Waals surface area (Å²) in [6.45, 7) is 7.66. The van der Waals surface area contributed by atoms with Gasteiger partial charge in [-0.1, -0.05) is 27.7 Å². The van der Waals surface area contributed by atoms with Crippen LogP contribution in [-0.2, 0) is 9.59 Å². The van der Waals surface area contributed by atoms with Crippen LogP contribution in [0.4, 0.5) is 0 Å². The molecule has 0 radical (unpaired) electrons. The van der Waals surface area contributed by atoms with Gasteiger partial charge in [0.05, 0.1) is 0 Å². The summed E-state index contributed by atoms with van der Waals surface area (Å²) in [6.07, 6.45) is 6.02. The van der Waals surface area contributed by atoms with Crippen molar-refractivity contribution in [3.8, 4) is 0 Å². The van der Waals surface area contributed by atoms with E-state index in [2.05, 4.69) is 31.2 Å². The molecule has 0 saturated carbocycles. The number of pyridine rings is 2. The molecule has 2 aromatic rings. The maximum absolute atomic E-state index is 12.6. The Morgan fingerprint density at radius 2 is 0.971 bits per heavy atom. The Kier molecular flexibility index (Phi) is 10.1. The molecule has 4 N–H and O–H groups in total. The molecule has 2 rings (SSSR count). The number of nitrogens with zero attached hydrogens (tertiary/aromatic N) is 2. The predicted molar refractivity (Wildman–Crippen MR) is 127 cm³/mol. The highest BCUT2D eigenvalue weighted by Gasteiger charge is 2.26. The first-order valence-corrected chi connectivity index (χ1v) is 11.2. The standard InChI is InChI=1S/C24H32N6O4/c1-15(2)19(29-21(31)17-5-9-25-10-6-17)23(33)27-13-14-28-24(34)20(16(3)4)30-22(32)18-7-11-26-12-8-18/h5-12,15-16,19-20H,13-14H2,1-4H3,(H,27,33)(H,28,34)(H,29,31)(H,30,32)/t19-,20-/m0/s1. The van der Waals surface area contributed by atoms with Crippen molar-refractivity contribution in [2.45, 2.75) is 39.8 Å². The van der Waals surface area contributed by atoms with Gasteiger partial charge >= 0.3 is 0 Å². The third-order valence-electron chi connectivity index (χ3n) is 5.08. The SMILES string of the molecule is CC(C)[C@H](NC(=O)c1ccncc1)C(=O)NCCNC(=O)[C@@H](NC(=O)c1ccncc1)C(C)C. The van der Waals surface area contributed by atoms with Crippen LogP contribution >= 0.6 is 0 Å². The first-order valence-electron chi connectivity index (χ1n) is 11.2. The normalized spacial score (nSPS) is 12.5. The van der Waals surface area contributed by atoms with Crippen LogP contribution in [0.2, 0.25) is 0 Å². The number of carbonyl (C=O) groups is 4. The van der Waals surface area contributed by atoms with Crippen LogP contribution in [0.25, 0.3) is 0 Å². The molecule has 0 aliphatic carbocycles. The first kappa shape index (κ1) is 26.4. The number of amides is 4. The van der Waals surface area contributed by atoms with Crippen LogP contribution in [0, 0.1) is 11.8 Å². The third kappa shape index (κ3) is 7.95. The third-order valence-corrected chi connectivity index (χ3v) is 5.08. The van der Waals surface area contributed by atoms with Crippen molar-refractivity contribution in [2.24, 2.45) is 11.8 Å². The quantitative estimate of drug-likeness (QED) is 0.361. The molecule has 10 heteroatoms. The molecule has 10 nitrogen and oxygen atoms in total. The highest BCUT2D eigenvalue weighted by atomic mass is 16.2. The lowest BCUT2D eigenvalue weighted by Gasteiger charge is -2.23. The van der Waals surface area contributed by atoms with E-state index in [1.54, 1.807) is 24.3 Å². The summed E-state index contributed by atoms with van der Waals surface area (Å²) >= 11 is 0. The molecule has 4 amide bonds. The maximum atomic E-state index is 12.6. The van der Waals surface area contributed by atoms with Crippen LogP contribution in [0.1, 0.15) is 48.4 Å². The number of aromatic nitrogens is 2. The summed E-state index contributed by atoms with van der Waals surface area (Å²) in [5, 5.41) is 10.9. The van der Waals surface area contributed by atoms with Gasteiger partial charge in [0.25, 0.3) is 11.8 Å². The monoisotopic (exact) mass is 468 g/mol. The van der Waals surface area contributed by atoms with Crippen molar-refractivity contribution >= 4 is 23.6 Å². The molecule has 2 aromatic heterocycles. The van der Waals surface area contributed by atoms with Crippen molar-refractivity contribution in [3.63, 3.8) is 0 Å². The van der Waals surface area contributed by atoms with Gasteiger partial charge in [-0.2, -0.15) is 0 Å². The molecule has 2 heterocycles. The molecule has 0 aromatic carbocycles. The van der Waals surface area contributed by atoms with Gasteiger partial charge in [0, 0.05) is 49.0 Å². The molecule has 2 atom stereocenters. The van der Waals surface area contributed by atoms with E-state index in [-0.39, 0.29) is 48.6 Å². The molecular formula is C24H32N6O4. The fourth-order valence-corrected chi connectivity index (χ4v) is 3.12. The van der Waals surface area contributed by atoms with Crippen LogP contribution in [0.15, 0.2) is 49.1 Å². The second-order valence-electron chi connectivity index (χ2n) is 8.44. The zero-order chi connectivity index (χ0) is 25.1. The maximum Gasteiger partial charge on any atom is 0.252 e. The van der Waals surface area contributed by atoms with Crippen molar-refractivity contribution < 1.29 is 19.2 Å². The van der Waals surface area contributed by atoms with Gasteiger partial charge in [0.2, 0.25) is 11.8 Å². The summed E-state index contributed by atoms with van der Waals surface area (Å²) < 4.78 is 0. The molecule has 0 aliphatic rings. The van der Waals surface area contributed by atoms with E-state index in [4.69, 9.17) is 0 Å². The van der Waals surface area contributed by atoms with Gasteiger partial charge < -0.3 is 21.3 Å². The highest BCUT2D eigenvalue weighted by Crippen LogP contribution is 2.06. The first-order chi connectivity index (χ1) is 16.2. The van der Waals surface area contributed by atoms with Crippen molar-refractivity contribution in [1.29, 1.82) is 0 Å². The summed E-state index contributed by atoms with van der Waals surface area (Å²) in [5.74, 6) is -1.72. The molecule has 0 saturated heterocycles. The lowest BCUT2D eigenvalue weighted by molar-refractivity contribution is -0.125. The van der Waals surface area contributed by atoms with Crippen LogP contribution in [0.3, 0.4) is 0 Å². The summed E-state index contributed by atoms with van der Waals surface area (Å²) in [6, 6.07) is 4.80. The lowest BCUT2D eigenvalue weighted by atomic mass is 10.0. The van der Waals surface area contributed by atoms with Gasteiger partial charge in [-0.05, 0) is 36.1 Å². The second kappa shape index (κ2) is 13.0. The Bertz CT molecular complexity index is 886. The summed E-state index contributed by atoms with van der Waals surface area (Å²) in [7, 11) is 0. The van der Waals surface area contributed by atoms with E-state index in [0.717, 1.165) is 0 Å². The fraction of sp³-hybridized carbons (Fsp3) is 0.417. The average Bonchev–Trinajstić information content (AvgIpc) is 2.83. The lowest BCUT2D eigenvalue weighted by Crippen LogP contribution is -2.52. The molecule has 0 spiro atoms. The molecule has 0 bridgehead atoms. The van der Waals surface area contributed by atoms with Crippen LogP contribution in [0.5, 0.6) is 0 Å². The zero-order valence-electron chi connectivity index (χ0n) is 19.9. The van der Waals surface area contributed by atoms with Crippen molar-refractivity contribution in [2.75, 3.05) is 13.1 Å². The topological polar surface area (TPSA) is 142 Å². The Balaban J connectivity index is 1.84. The predicted octanol–water partition coefficient (Wildman–Crippen LogP) is 0.918. The number of hydrogen-bond acceptors (Lipinski definition) is 6. The fourth-order valence-electron chi connectivity index (χ4n) is 3.12. The van der Waals surface area contributed by atoms with Crippen molar-refractivity contribution in [3.05, 3.63) is 60.2 Å².